The van der Waals surface area contributed by atoms with Gasteiger partial charge in [-0.3, -0.25) is 4.79 Å². The summed E-state index contributed by atoms with van der Waals surface area (Å²) >= 11 is 1.11. The van der Waals surface area contributed by atoms with Gasteiger partial charge in [-0.15, -0.1) is 11.3 Å². The number of alkyl halides is 2. The average molecular weight is 369 g/mol. The van der Waals surface area contributed by atoms with Gasteiger partial charge in [-0.1, -0.05) is 5.16 Å². The Morgan fingerprint density at radius 1 is 1.36 bits per heavy atom. The molecule has 1 amide bonds. The zero-order valence-electron chi connectivity index (χ0n) is 13.4. The van der Waals surface area contributed by atoms with Crippen LogP contribution in [0, 0.1) is 0 Å². The molecule has 2 fully saturated rings. The summed E-state index contributed by atoms with van der Waals surface area (Å²) in [6.07, 6.45) is 3.85. The molecule has 0 aromatic carbocycles. The Morgan fingerprint density at radius 2 is 2.20 bits per heavy atom. The van der Waals surface area contributed by atoms with Crippen LogP contribution in [-0.4, -0.2) is 40.6 Å². The molecule has 0 spiro atoms. The number of piperidine rings is 1. The summed E-state index contributed by atoms with van der Waals surface area (Å²) in [5.41, 5.74) is 0. The molecule has 3 heterocycles. The third-order valence-corrected chi connectivity index (χ3v) is 5.38. The van der Waals surface area contributed by atoms with E-state index in [9.17, 15) is 13.6 Å². The smallest absolute Gasteiger partial charge is 0.387 e. The molecular formula is C16H17F2N3O3S. The van der Waals surface area contributed by atoms with Gasteiger partial charge in [0.1, 0.15) is 10.6 Å². The second-order valence-electron chi connectivity index (χ2n) is 6.35. The molecule has 0 unspecified atom stereocenters. The SMILES string of the molecule is O=C(c1sccc1OC(F)F)N1CCC[C@@H](c2noc(C3CC3)n2)C1. The van der Waals surface area contributed by atoms with Crippen LogP contribution >= 0.6 is 11.3 Å². The number of hydrogen-bond donors (Lipinski definition) is 0. The monoisotopic (exact) mass is 369 g/mol. The fourth-order valence-electron chi connectivity index (χ4n) is 3.07. The van der Waals surface area contributed by atoms with Gasteiger partial charge in [0.15, 0.2) is 5.82 Å². The highest BCUT2D eigenvalue weighted by Gasteiger charge is 2.33. The zero-order valence-corrected chi connectivity index (χ0v) is 14.2. The topological polar surface area (TPSA) is 68.5 Å². The number of aromatic nitrogens is 2. The van der Waals surface area contributed by atoms with Crippen molar-refractivity contribution in [3.63, 3.8) is 0 Å². The molecule has 25 heavy (non-hydrogen) atoms. The van der Waals surface area contributed by atoms with Crippen LogP contribution < -0.4 is 4.74 Å². The summed E-state index contributed by atoms with van der Waals surface area (Å²) in [6.45, 7) is -1.92. The Hall–Kier alpha value is -2.03. The second kappa shape index (κ2) is 6.70. The molecule has 0 radical (unpaired) electrons. The second-order valence-corrected chi connectivity index (χ2v) is 7.26. The van der Waals surface area contributed by atoms with Crippen LogP contribution in [0.3, 0.4) is 0 Å². The lowest BCUT2D eigenvalue weighted by atomic mass is 9.97. The van der Waals surface area contributed by atoms with Gasteiger partial charge in [0, 0.05) is 24.9 Å². The number of hydrogen-bond acceptors (Lipinski definition) is 6. The maximum atomic E-state index is 12.7. The van der Waals surface area contributed by atoms with Crippen LogP contribution in [0.15, 0.2) is 16.0 Å². The van der Waals surface area contributed by atoms with Crippen molar-refractivity contribution in [2.24, 2.45) is 0 Å². The first-order valence-electron chi connectivity index (χ1n) is 8.27. The number of halogens is 2. The van der Waals surface area contributed by atoms with Crippen molar-refractivity contribution in [3.05, 3.63) is 28.0 Å². The summed E-state index contributed by atoms with van der Waals surface area (Å²) in [7, 11) is 0. The van der Waals surface area contributed by atoms with Crippen molar-refractivity contribution < 1.29 is 22.8 Å². The fraction of sp³-hybridized carbons (Fsp3) is 0.562. The molecule has 0 N–H and O–H groups in total. The molecule has 1 aliphatic carbocycles. The van der Waals surface area contributed by atoms with Crippen molar-refractivity contribution in [1.29, 1.82) is 0 Å². The largest absolute Gasteiger partial charge is 0.433 e. The number of ether oxygens (including phenoxy) is 1. The van der Waals surface area contributed by atoms with Gasteiger partial charge in [0.25, 0.3) is 5.91 Å². The molecule has 4 rings (SSSR count). The molecule has 2 aliphatic rings. The number of likely N-dealkylation sites (tertiary alicyclic amines) is 1. The molecular weight excluding hydrogens is 352 g/mol. The summed E-state index contributed by atoms with van der Waals surface area (Å²) in [6, 6.07) is 1.40. The Bertz CT molecular complexity index is 759. The van der Waals surface area contributed by atoms with Gasteiger partial charge in [-0.2, -0.15) is 13.8 Å². The van der Waals surface area contributed by atoms with Crippen LogP contribution in [0.1, 0.15) is 58.9 Å². The lowest BCUT2D eigenvalue weighted by molar-refractivity contribution is -0.0499. The zero-order chi connectivity index (χ0) is 17.4. The summed E-state index contributed by atoms with van der Waals surface area (Å²) in [5.74, 6) is 1.36. The van der Waals surface area contributed by atoms with Crippen LogP contribution in [-0.2, 0) is 0 Å². The first-order chi connectivity index (χ1) is 12.1. The minimum atomic E-state index is -2.95. The number of carbonyl (C=O) groups is 1. The molecule has 9 heteroatoms. The fourth-order valence-corrected chi connectivity index (χ4v) is 3.86. The van der Waals surface area contributed by atoms with E-state index >= 15 is 0 Å². The highest BCUT2D eigenvalue weighted by atomic mass is 32.1. The number of thiophene rings is 1. The van der Waals surface area contributed by atoms with Gasteiger partial charge >= 0.3 is 6.61 Å². The number of rotatable bonds is 5. The molecule has 1 atom stereocenters. The van der Waals surface area contributed by atoms with E-state index in [2.05, 4.69) is 14.9 Å². The van der Waals surface area contributed by atoms with Crippen LogP contribution in [0.25, 0.3) is 0 Å². The summed E-state index contributed by atoms with van der Waals surface area (Å²) in [4.78, 5) is 19.0. The third-order valence-electron chi connectivity index (χ3n) is 4.50. The number of nitrogens with zero attached hydrogens (tertiary/aromatic N) is 3. The van der Waals surface area contributed by atoms with E-state index in [4.69, 9.17) is 4.52 Å². The van der Waals surface area contributed by atoms with Crippen molar-refractivity contribution in [2.45, 2.75) is 44.1 Å². The summed E-state index contributed by atoms with van der Waals surface area (Å²) in [5, 5.41) is 5.65. The maximum Gasteiger partial charge on any atom is 0.387 e. The van der Waals surface area contributed by atoms with E-state index in [0.717, 1.165) is 37.0 Å². The van der Waals surface area contributed by atoms with Gasteiger partial charge in [0.05, 0.1) is 0 Å². The van der Waals surface area contributed by atoms with Gasteiger partial charge in [-0.25, -0.2) is 0 Å². The number of carbonyl (C=O) groups excluding carboxylic acids is 1. The molecule has 1 saturated carbocycles. The van der Waals surface area contributed by atoms with E-state index in [-0.39, 0.29) is 22.5 Å². The molecule has 134 valence electrons. The van der Waals surface area contributed by atoms with Crippen LogP contribution in [0.5, 0.6) is 5.75 Å². The molecule has 2 aromatic rings. The third kappa shape index (κ3) is 3.51. The van der Waals surface area contributed by atoms with Gasteiger partial charge in [0.2, 0.25) is 5.89 Å². The normalized spacial score (nSPS) is 20.9. The molecule has 1 aliphatic heterocycles. The van der Waals surface area contributed by atoms with Crippen LogP contribution in [0.2, 0.25) is 0 Å². The quantitative estimate of drug-likeness (QED) is 0.805. The predicted molar refractivity (Wildman–Crippen MR) is 85.1 cm³/mol. The minimum Gasteiger partial charge on any atom is -0.433 e. The molecule has 0 bridgehead atoms. The minimum absolute atomic E-state index is 0.00776. The van der Waals surface area contributed by atoms with Crippen molar-refractivity contribution in [2.75, 3.05) is 13.1 Å². The van der Waals surface area contributed by atoms with Crippen molar-refractivity contribution in [1.82, 2.24) is 15.0 Å². The van der Waals surface area contributed by atoms with Gasteiger partial charge in [-0.05, 0) is 37.1 Å². The van der Waals surface area contributed by atoms with E-state index in [1.54, 1.807) is 10.3 Å². The maximum absolute atomic E-state index is 12.7. The highest BCUT2D eigenvalue weighted by molar-refractivity contribution is 7.12. The Morgan fingerprint density at radius 3 is 2.96 bits per heavy atom. The standard InChI is InChI=1S/C16H17F2N3O3S/c17-16(18)23-11-5-7-25-12(11)15(22)21-6-1-2-10(8-21)13-19-14(24-20-13)9-3-4-9/h5,7,9-10,16H,1-4,6,8H2/t10-/m1/s1. The van der Waals surface area contributed by atoms with E-state index in [0.29, 0.717) is 30.7 Å². The highest BCUT2D eigenvalue weighted by Crippen LogP contribution is 2.40. The Kier molecular flexibility index (Phi) is 4.41. The first kappa shape index (κ1) is 16.4. The number of amides is 1. The van der Waals surface area contributed by atoms with E-state index < -0.39 is 6.61 Å². The predicted octanol–water partition coefficient (Wildman–Crippen LogP) is 3.63. The van der Waals surface area contributed by atoms with Crippen molar-refractivity contribution >= 4 is 17.2 Å². The van der Waals surface area contributed by atoms with Gasteiger partial charge < -0.3 is 14.2 Å². The molecule has 2 aromatic heterocycles. The molecule has 6 nitrogen and oxygen atoms in total. The Labute approximate surface area is 146 Å². The first-order valence-corrected chi connectivity index (χ1v) is 9.15. The summed E-state index contributed by atoms with van der Waals surface area (Å²) < 4.78 is 34.7. The lowest BCUT2D eigenvalue weighted by Gasteiger charge is -2.31. The van der Waals surface area contributed by atoms with Crippen molar-refractivity contribution in [3.8, 4) is 5.75 Å². The van der Waals surface area contributed by atoms with E-state index in [1.807, 2.05) is 0 Å². The lowest BCUT2D eigenvalue weighted by Crippen LogP contribution is -2.39. The van der Waals surface area contributed by atoms with E-state index in [1.165, 1.54) is 6.07 Å². The molecule has 1 saturated heterocycles. The Balaban J connectivity index is 1.46. The van der Waals surface area contributed by atoms with Crippen LogP contribution in [0.4, 0.5) is 8.78 Å². The average Bonchev–Trinajstić information content (AvgIpc) is 3.16.